The molecule has 0 saturated carbocycles. The second-order valence-corrected chi connectivity index (χ2v) is 6.25. The molecule has 0 aliphatic carbocycles. The summed E-state index contributed by atoms with van der Waals surface area (Å²) in [7, 11) is 0. The molecule has 1 amide bonds. The highest BCUT2D eigenvalue weighted by Gasteiger charge is 2.23. The highest BCUT2D eigenvalue weighted by molar-refractivity contribution is 5.77. The first-order valence-corrected chi connectivity index (χ1v) is 8.82. The van der Waals surface area contributed by atoms with Crippen LogP contribution in [0.5, 0.6) is 5.75 Å². The van der Waals surface area contributed by atoms with E-state index in [4.69, 9.17) is 4.74 Å². The number of rotatable bonds is 6. The van der Waals surface area contributed by atoms with E-state index in [-0.39, 0.29) is 12.5 Å². The van der Waals surface area contributed by atoms with E-state index in [0.29, 0.717) is 0 Å². The van der Waals surface area contributed by atoms with Crippen molar-refractivity contribution in [2.45, 2.75) is 0 Å². The van der Waals surface area contributed by atoms with Gasteiger partial charge in [-0.25, -0.2) is 0 Å². The van der Waals surface area contributed by atoms with Gasteiger partial charge in [0, 0.05) is 0 Å². The minimum atomic E-state index is 0.0720. The minimum absolute atomic E-state index is 0.0720. The van der Waals surface area contributed by atoms with Crippen molar-refractivity contribution >= 4 is 12.0 Å². The standard InChI is InChI=1S/C21H24N2O2/c24-21(18-25-20-11-5-2-6-12-20)23-16-14-22(15-17-23)13-7-10-19-8-3-1-4-9-19/h1-12H,13-18H2/p+1. The smallest absolute Gasteiger partial charge is 0.260 e. The largest absolute Gasteiger partial charge is 0.484 e. The first-order chi connectivity index (χ1) is 12.3. The Morgan fingerprint density at radius 3 is 2.32 bits per heavy atom. The van der Waals surface area contributed by atoms with E-state index in [1.54, 1.807) is 0 Å². The molecule has 1 saturated heterocycles. The number of quaternary nitrogens is 1. The Kier molecular flexibility index (Phi) is 6.23. The maximum absolute atomic E-state index is 12.3. The van der Waals surface area contributed by atoms with Crippen LogP contribution in [0.4, 0.5) is 0 Å². The van der Waals surface area contributed by atoms with Gasteiger partial charge < -0.3 is 14.5 Å². The first kappa shape index (κ1) is 17.2. The lowest BCUT2D eigenvalue weighted by Crippen LogP contribution is -3.14. The maximum atomic E-state index is 12.3. The number of piperazine rings is 1. The molecule has 0 bridgehead atoms. The zero-order valence-corrected chi connectivity index (χ0v) is 14.4. The maximum Gasteiger partial charge on any atom is 0.260 e. The number of nitrogens with one attached hydrogen (secondary N) is 1. The average molecular weight is 337 g/mol. The fourth-order valence-electron chi connectivity index (χ4n) is 2.96. The van der Waals surface area contributed by atoms with Crippen LogP contribution >= 0.6 is 0 Å². The van der Waals surface area contributed by atoms with Crippen molar-refractivity contribution in [3.05, 3.63) is 72.3 Å². The molecule has 0 aromatic heterocycles. The molecule has 1 N–H and O–H groups in total. The van der Waals surface area contributed by atoms with Crippen LogP contribution < -0.4 is 9.64 Å². The Morgan fingerprint density at radius 1 is 1.00 bits per heavy atom. The third kappa shape index (κ3) is 5.47. The van der Waals surface area contributed by atoms with Crippen LogP contribution in [-0.2, 0) is 4.79 Å². The number of hydrogen-bond acceptors (Lipinski definition) is 2. The van der Waals surface area contributed by atoms with Crippen molar-refractivity contribution in [3.63, 3.8) is 0 Å². The number of ether oxygens (including phenoxy) is 1. The van der Waals surface area contributed by atoms with Gasteiger partial charge in [-0.05, 0) is 23.8 Å². The van der Waals surface area contributed by atoms with E-state index >= 15 is 0 Å². The SMILES string of the molecule is O=C(COc1ccccc1)N1CC[NH+](CC=Cc2ccccc2)CC1. The van der Waals surface area contributed by atoms with Gasteiger partial charge in [0.05, 0.1) is 32.7 Å². The lowest BCUT2D eigenvalue weighted by atomic mass is 10.2. The van der Waals surface area contributed by atoms with Gasteiger partial charge in [0.15, 0.2) is 6.61 Å². The van der Waals surface area contributed by atoms with Crippen LogP contribution in [0, 0.1) is 0 Å². The molecule has 1 aliphatic heterocycles. The Balaban J connectivity index is 1.38. The Morgan fingerprint density at radius 2 is 1.64 bits per heavy atom. The fourth-order valence-corrected chi connectivity index (χ4v) is 2.96. The summed E-state index contributed by atoms with van der Waals surface area (Å²) < 4.78 is 5.55. The second kappa shape index (κ2) is 9.04. The number of carbonyl (C=O) groups excluding carboxylic acids is 1. The fraction of sp³-hybridized carbons (Fsp3) is 0.286. The zero-order chi connectivity index (χ0) is 17.3. The molecular formula is C21H25N2O2+. The molecule has 1 aliphatic rings. The van der Waals surface area contributed by atoms with Crippen LogP contribution in [0.1, 0.15) is 5.56 Å². The Labute approximate surface area is 149 Å². The van der Waals surface area contributed by atoms with E-state index in [9.17, 15) is 4.79 Å². The van der Waals surface area contributed by atoms with Gasteiger partial charge in [0.1, 0.15) is 5.75 Å². The van der Waals surface area contributed by atoms with E-state index in [0.717, 1.165) is 38.5 Å². The molecule has 0 unspecified atom stereocenters. The van der Waals surface area contributed by atoms with Crippen molar-refractivity contribution in [2.75, 3.05) is 39.3 Å². The van der Waals surface area contributed by atoms with Crippen LogP contribution in [0.15, 0.2) is 66.7 Å². The van der Waals surface area contributed by atoms with Crippen LogP contribution in [0.25, 0.3) is 6.08 Å². The van der Waals surface area contributed by atoms with Crippen molar-refractivity contribution in [1.29, 1.82) is 0 Å². The summed E-state index contributed by atoms with van der Waals surface area (Å²) in [4.78, 5) is 15.7. The number of benzene rings is 2. The summed E-state index contributed by atoms with van der Waals surface area (Å²) in [5.74, 6) is 0.814. The lowest BCUT2D eigenvalue weighted by Gasteiger charge is -2.31. The van der Waals surface area contributed by atoms with E-state index in [2.05, 4.69) is 36.4 Å². The van der Waals surface area contributed by atoms with Gasteiger partial charge in [0.2, 0.25) is 0 Å². The number of hydrogen-bond donors (Lipinski definition) is 1. The summed E-state index contributed by atoms with van der Waals surface area (Å²) in [6.45, 7) is 4.67. The molecule has 2 aromatic carbocycles. The number of amides is 1. The van der Waals surface area contributed by atoms with Crippen LogP contribution in [-0.4, -0.2) is 50.1 Å². The number of carbonyl (C=O) groups is 1. The van der Waals surface area contributed by atoms with Crippen molar-refractivity contribution in [1.82, 2.24) is 4.90 Å². The van der Waals surface area contributed by atoms with E-state index in [1.807, 2.05) is 41.3 Å². The normalized spacial score (nSPS) is 15.4. The minimum Gasteiger partial charge on any atom is -0.484 e. The zero-order valence-electron chi connectivity index (χ0n) is 14.4. The number of para-hydroxylation sites is 1. The molecule has 3 rings (SSSR count). The third-order valence-electron chi connectivity index (χ3n) is 4.45. The highest BCUT2D eigenvalue weighted by atomic mass is 16.5. The molecule has 4 nitrogen and oxygen atoms in total. The van der Waals surface area contributed by atoms with Crippen molar-refractivity contribution in [3.8, 4) is 5.75 Å². The average Bonchev–Trinajstić information content (AvgIpc) is 2.68. The Hall–Kier alpha value is -2.59. The monoisotopic (exact) mass is 337 g/mol. The van der Waals surface area contributed by atoms with Gasteiger partial charge in [-0.3, -0.25) is 4.79 Å². The van der Waals surface area contributed by atoms with Crippen molar-refractivity contribution < 1.29 is 14.4 Å². The molecule has 130 valence electrons. The summed E-state index contributed by atoms with van der Waals surface area (Å²) in [5.41, 5.74) is 1.23. The van der Waals surface area contributed by atoms with Crippen LogP contribution in [0.3, 0.4) is 0 Å². The van der Waals surface area contributed by atoms with E-state index < -0.39 is 0 Å². The summed E-state index contributed by atoms with van der Waals surface area (Å²) in [6, 6.07) is 19.8. The topological polar surface area (TPSA) is 34.0 Å². The molecule has 0 spiro atoms. The first-order valence-electron chi connectivity index (χ1n) is 8.82. The van der Waals surface area contributed by atoms with E-state index in [1.165, 1.54) is 10.5 Å². The third-order valence-corrected chi connectivity index (χ3v) is 4.45. The lowest BCUT2D eigenvalue weighted by molar-refractivity contribution is -0.898. The van der Waals surface area contributed by atoms with Gasteiger partial charge in [-0.15, -0.1) is 0 Å². The molecule has 0 radical (unpaired) electrons. The molecule has 4 heteroatoms. The predicted octanol–water partition coefficient (Wildman–Crippen LogP) is 1.51. The van der Waals surface area contributed by atoms with Gasteiger partial charge >= 0.3 is 0 Å². The summed E-state index contributed by atoms with van der Waals surface area (Å²) in [5, 5.41) is 0. The van der Waals surface area contributed by atoms with Gasteiger partial charge in [0.25, 0.3) is 5.91 Å². The highest BCUT2D eigenvalue weighted by Crippen LogP contribution is 2.08. The molecule has 2 aromatic rings. The van der Waals surface area contributed by atoms with Crippen molar-refractivity contribution in [2.24, 2.45) is 0 Å². The quantitative estimate of drug-likeness (QED) is 0.867. The molecular weight excluding hydrogens is 312 g/mol. The molecule has 1 heterocycles. The molecule has 25 heavy (non-hydrogen) atoms. The number of nitrogens with zero attached hydrogens (tertiary/aromatic N) is 1. The van der Waals surface area contributed by atoms with Gasteiger partial charge in [-0.2, -0.15) is 0 Å². The summed E-state index contributed by atoms with van der Waals surface area (Å²) in [6.07, 6.45) is 4.39. The molecule has 1 fully saturated rings. The van der Waals surface area contributed by atoms with Gasteiger partial charge in [-0.1, -0.05) is 54.6 Å². The second-order valence-electron chi connectivity index (χ2n) is 6.25. The molecule has 0 atom stereocenters. The predicted molar refractivity (Wildman–Crippen MR) is 99.6 cm³/mol. The summed E-state index contributed by atoms with van der Waals surface area (Å²) >= 11 is 0. The Bertz CT molecular complexity index is 678. The van der Waals surface area contributed by atoms with Crippen LogP contribution in [0.2, 0.25) is 0 Å².